The zero-order chi connectivity index (χ0) is 12.3. The number of hydrogen-bond donors (Lipinski definition) is 0. The van der Waals surface area contributed by atoms with Crippen LogP contribution in [0.3, 0.4) is 0 Å². The SMILES string of the molecule is CCc1cc([N+](=O)[O-])ccc1C(=O)C(C)C. The summed E-state index contributed by atoms with van der Waals surface area (Å²) in [6.07, 6.45) is 0.621. The quantitative estimate of drug-likeness (QED) is 0.446. The minimum Gasteiger partial charge on any atom is -0.294 e. The fourth-order valence-electron chi connectivity index (χ4n) is 1.54. The van der Waals surface area contributed by atoms with Gasteiger partial charge in [0.25, 0.3) is 5.69 Å². The maximum atomic E-state index is 11.8. The van der Waals surface area contributed by atoms with Crippen LogP contribution in [0.4, 0.5) is 5.69 Å². The molecule has 0 spiro atoms. The predicted octanol–water partition coefficient (Wildman–Crippen LogP) is 3.00. The van der Waals surface area contributed by atoms with Crippen molar-refractivity contribution in [3.05, 3.63) is 39.4 Å². The second kappa shape index (κ2) is 4.88. The monoisotopic (exact) mass is 221 g/mol. The van der Waals surface area contributed by atoms with E-state index in [9.17, 15) is 14.9 Å². The molecule has 4 heteroatoms. The van der Waals surface area contributed by atoms with E-state index in [-0.39, 0.29) is 17.4 Å². The average molecular weight is 221 g/mol. The predicted molar refractivity (Wildman–Crippen MR) is 61.6 cm³/mol. The highest BCUT2D eigenvalue weighted by atomic mass is 16.6. The molecule has 0 aliphatic rings. The number of carbonyl (C=O) groups excluding carboxylic acids is 1. The van der Waals surface area contributed by atoms with Crippen molar-refractivity contribution in [3.8, 4) is 0 Å². The molecule has 0 fully saturated rings. The first-order valence-electron chi connectivity index (χ1n) is 5.28. The molecule has 0 unspecified atom stereocenters. The third-order valence-electron chi connectivity index (χ3n) is 2.47. The molecule has 16 heavy (non-hydrogen) atoms. The highest BCUT2D eigenvalue weighted by molar-refractivity contribution is 5.99. The molecule has 0 radical (unpaired) electrons. The highest BCUT2D eigenvalue weighted by Crippen LogP contribution is 2.21. The first-order chi connectivity index (χ1) is 7.47. The van der Waals surface area contributed by atoms with Crippen LogP contribution in [0.25, 0.3) is 0 Å². The Balaban J connectivity index is 3.22. The third kappa shape index (κ3) is 2.45. The molecule has 4 nitrogen and oxygen atoms in total. The fraction of sp³-hybridized carbons (Fsp3) is 0.417. The molecule has 0 aromatic heterocycles. The third-order valence-corrected chi connectivity index (χ3v) is 2.47. The average Bonchev–Trinajstić information content (AvgIpc) is 2.26. The molecule has 0 saturated carbocycles. The second-order valence-electron chi connectivity index (χ2n) is 3.97. The minimum atomic E-state index is -0.442. The van der Waals surface area contributed by atoms with Gasteiger partial charge in [-0.3, -0.25) is 14.9 Å². The summed E-state index contributed by atoms with van der Waals surface area (Å²) in [5, 5.41) is 10.6. The maximum absolute atomic E-state index is 11.8. The van der Waals surface area contributed by atoms with Gasteiger partial charge in [0.1, 0.15) is 0 Å². The van der Waals surface area contributed by atoms with Gasteiger partial charge in [0.05, 0.1) is 4.92 Å². The number of nitrogens with zero attached hydrogens (tertiary/aromatic N) is 1. The molecule has 0 atom stereocenters. The van der Waals surface area contributed by atoms with Gasteiger partial charge in [-0.05, 0) is 18.1 Å². The van der Waals surface area contributed by atoms with Crippen molar-refractivity contribution in [1.82, 2.24) is 0 Å². The summed E-state index contributed by atoms with van der Waals surface area (Å²) < 4.78 is 0. The van der Waals surface area contributed by atoms with Gasteiger partial charge in [0.15, 0.2) is 5.78 Å². The Morgan fingerprint density at radius 1 is 1.44 bits per heavy atom. The number of rotatable bonds is 4. The van der Waals surface area contributed by atoms with E-state index in [0.29, 0.717) is 12.0 Å². The summed E-state index contributed by atoms with van der Waals surface area (Å²) in [7, 11) is 0. The van der Waals surface area contributed by atoms with Gasteiger partial charge in [-0.25, -0.2) is 0 Å². The number of benzene rings is 1. The lowest BCUT2D eigenvalue weighted by molar-refractivity contribution is -0.384. The Hall–Kier alpha value is -1.71. The summed E-state index contributed by atoms with van der Waals surface area (Å²) in [5.41, 5.74) is 1.38. The van der Waals surface area contributed by atoms with E-state index in [1.807, 2.05) is 20.8 Å². The first-order valence-corrected chi connectivity index (χ1v) is 5.28. The number of hydrogen-bond acceptors (Lipinski definition) is 3. The number of non-ortho nitro benzene ring substituents is 1. The van der Waals surface area contributed by atoms with Gasteiger partial charge in [0, 0.05) is 23.6 Å². The van der Waals surface area contributed by atoms with Crippen LogP contribution in [0.1, 0.15) is 36.7 Å². The summed E-state index contributed by atoms with van der Waals surface area (Å²) in [6, 6.07) is 4.42. The van der Waals surface area contributed by atoms with Crippen molar-refractivity contribution in [1.29, 1.82) is 0 Å². The number of aryl methyl sites for hydroxylation is 1. The van der Waals surface area contributed by atoms with Gasteiger partial charge in [-0.1, -0.05) is 20.8 Å². The van der Waals surface area contributed by atoms with E-state index in [2.05, 4.69) is 0 Å². The van der Waals surface area contributed by atoms with Gasteiger partial charge >= 0.3 is 0 Å². The van der Waals surface area contributed by atoms with Crippen molar-refractivity contribution in [2.75, 3.05) is 0 Å². The maximum Gasteiger partial charge on any atom is 0.269 e. The van der Waals surface area contributed by atoms with E-state index in [4.69, 9.17) is 0 Å². The standard InChI is InChI=1S/C12H15NO3/c1-4-9-7-10(13(15)16)5-6-11(9)12(14)8(2)3/h5-8H,4H2,1-3H3. The molecular weight excluding hydrogens is 206 g/mol. The van der Waals surface area contributed by atoms with Crippen LogP contribution in [0.5, 0.6) is 0 Å². The Labute approximate surface area is 94.4 Å². The normalized spacial score (nSPS) is 10.5. The van der Waals surface area contributed by atoms with E-state index >= 15 is 0 Å². The number of nitro groups is 1. The Morgan fingerprint density at radius 3 is 2.50 bits per heavy atom. The van der Waals surface area contributed by atoms with Crippen LogP contribution >= 0.6 is 0 Å². The van der Waals surface area contributed by atoms with Crippen molar-refractivity contribution in [3.63, 3.8) is 0 Å². The van der Waals surface area contributed by atoms with Crippen molar-refractivity contribution >= 4 is 11.5 Å². The summed E-state index contributed by atoms with van der Waals surface area (Å²) in [5.74, 6) is -0.0569. The molecule has 0 amide bonds. The van der Waals surface area contributed by atoms with E-state index in [1.165, 1.54) is 12.1 Å². The molecule has 0 aliphatic carbocycles. The van der Waals surface area contributed by atoms with Crippen LogP contribution in [0, 0.1) is 16.0 Å². The fourth-order valence-corrected chi connectivity index (χ4v) is 1.54. The summed E-state index contributed by atoms with van der Waals surface area (Å²) in [4.78, 5) is 22.0. The van der Waals surface area contributed by atoms with Crippen molar-refractivity contribution in [2.45, 2.75) is 27.2 Å². The Morgan fingerprint density at radius 2 is 2.06 bits per heavy atom. The largest absolute Gasteiger partial charge is 0.294 e. The van der Waals surface area contributed by atoms with E-state index in [0.717, 1.165) is 5.56 Å². The lowest BCUT2D eigenvalue weighted by atomic mass is 9.95. The van der Waals surface area contributed by atoms with Crippen molar-refractivity contribution < 1.29 is 9.72 Å². The Bertz CT molecular complexity index is 424. The van der Waals surface area contributed by atoms with Gasteiger partial charge in [0.2, 0.25) is 0 Å². The molecule has 0 N–H and O–H groups in total. The van der Waals surface area contributed by atoms with Crippen LogP contribution in [-0.4, -0.2) is 10.7 Å². The van der Waals surface area contributed by atoms with Crippen LogP contribution in [0.15, 0.2) is 18.2 Å². The number of carbonyl (C=O) groups is 1. The zero-order valence-electron chi connectivity index (χ0n) is 9.69. The zero-order valence-corrected chi connectivity index (χ0v) is 9.69. The summed E-state index contributed by atoms with van der Waals surface area (Å²) >= 11 is 0. The lowest BCUT2D eigenvalue weighted by Gasteiger charge is -2.08. The number of Topliss-reactive ketones (excluding diaryl/α,β-unsaturated/α-hetero) is 1. The highest BCUT2D eigenvalue weighted by Gasteiger charge is 2.16. The second-order valence-corrected chi connectivity index (χ2v) is 3.97. The van der Waals surface area contributed by atoms with Gasteiger partial charge < -0.3 is 0 Å². The van der Waals surface area contributed by atoms with Crippen LogP contribution < -0.4 is 0 Å². The molecule has 0 aliphatic heterocycles. The number of ketones is 1. The van der Waals surface area contributed by atoms with Crippen LogP contribution in [-0.2, 0) is 6.42 Å². The molecule has 1 aromatic rings. The lowest BCUT2D eigenvalue weighted by Crippen LogP contribution is -2.10. The van der Waals surface area contributed by atoms with Crippen LogP contribution in [0.2, 0.25) is 0 Å². The summed E-state index contributed by atoms with van der Waals surface area (Å²) in [6.45, 7) is 5.53. The molecular formula is C12H15NO3. The molecule has 0 saturated heterocycles. The molecule has 1 aromatic carbocycles. The molecule has 86 valence electrons. The minimum absolute atomic E-state index is 0.0340. The van der Waals surface area contributed by atoms with Gasteiger partial charge in [-0.15, -0.1) is 0 Å². The van der Waals surface area contributed by atoms with E-state index in [1.54, 1.807) is 6.07 Å². The smallest absolute Gasteiger partial charge is 0.269 e. The molecule has 0 heterocycles. The first kappa shape index (κ1) is 12.4. The topological polar surface area (TPSA) is 60.2 Å². The number of nitro benzene ring substituents is 1. The Kier molecular flexibility index (Phi) is 3.77. The van der Waals surface area contributed by atoms with Crippen molar-refractivity contribution in [2.24, 2.45) is 5.92 Å². The van der Waals surface area contributed by atoms with Gasteiger partial charge in [-0.2, -0.15) is 0 Å². The molecule has 0 bridgehead atoms. The van der Waals surface area contributed by atoms with E-state index < -0.39 is 4.92 Å². The molecule has 1 rings (SSSR count).